The first-order chi connectivity index (χ1) is 12.3. The van der Waals surface area contributed by atoms with Crippen molar-refractivity contribution in [3.8, 4) is 5.75 Å². The number of carbonyl (C=O) groups excluding carboxylic acids is 2. The monoisotopic (exact) mass is 375 g/mol. The molecule has 140 valence electrons. The number of thiazole rings is 1. The molecule has 1 aromatic carbocycles. The molecule has 1 heterocycles. The fourth-order valence-corrected chi connectivity index (χ4v) is 3.56. The smallest absolute Gasteiger partial charge is 0.226 e. The minimum atomic E-state index is -1.26. The maximum atomic E-state index is 11.9. The third kappa shape index (κ3) is 5.29. The van der Waals surface area contributed by atoms with Crippen LogP contribution in [0.25, 0.3) is 0 Å². The molecule has 0 aliphatic carbocycles. The highest BCUT2D eigenvalue weighted by Gasteiger charge is 2.12. The van der Waals surface area contributed by atoms with E-state index in [-0.39, 0.29) is 17.2 Å². The lowest BCUT2D eigenvalue weighted by atomic mass is 9.98. The number of aromatic carboxylic acids is 1. The molecule has 0 unspecified atom stereocenters. The molecule has 26 heavy (non-hydrogen) atoms. The molecule has 0 saturated heterocycles. The number of aryl methyl sites for hydroxylation is 2. The minimum Gasteiger partial charge on any atom is -0.544 e. The second kappa shape index (κ2) is 8.80. The number of amides is 1. The van der Waals surface area contributed by atoms with Crippen LogP contribution in [-0.4, -0.2) is 30.0 Å². The van der Waals surface area contributed by atoms with Gasteiger partial charge in [-0.05, 0) is 43.0 Å². The minimum absolute atomic E-state index is 0.0426. The predicted octanol–water partition coefficient (Wildman–Crippen LogP) is 1.98. The van der Waals surface area contributed by atoms with Crippen molar-refractivity contribution in [2.75, 3.05) is 13.2 Å². The van der Waals surface area contributed by atoms with Crippen molar-refractivity contribution in [1.29, 1.82) is 0 Å². The number of ether oxygens (including phenoxy) is 1. The molecule has 6 nitrogen and oxygen atoms in total. The SMILES string of the molecule is Cc1cc(OCCNC(=O)Cc2nc(C)c(C(=O)[O-])s2)ccc1C(C)C. The summed E-state index contributed by atoms with van der Waals surface area (Å²) in [5.74, 6) is -0.247. The Morgan fingerprint density at radius 2 is 2.04 bits per heavy atom. The Kier molecular flexibility index (Phi) is 6.74. The van der Waals surface area contributed by atoms with Gasteiger partial charge in [-0.2, -0.15) is 0 Å². The van der Waals surface area contributed by atoms with Crippen LogP contribution in [0.3, 0.4) is 0 Å². The molecule has 0 saturated carbocycles. The zero-order chi connectivity index (χ0) is 19.3. The molecule has 7 heteroatoms. The summed E-state index contributed by atoms with van der Waals surface area (Å²) in [5.41, 5.74) is 2.85. The van der Waals surface area contributed by atoms with Crippen LogP contribution in [0.5, 0.6) is 5.75 Å². The summed E-state index contributed by atoms with van der Waals surface area (Å²) >= 11 is 0.972. The Bertz CT molecular complexity index is 799. The van der Waals surface area contributed by atoms with Gasteiger partial charge in [0.2, 0.25) is 5.91 Å². The van der Waals surface area contributed by atoms with E-state index in [1.54, 1.807) is 6.92 Å². The van der Waals surface area contributed by atoms with Crippen LogP contribution in [0, 0.1) is 13.8 Å². The summed E-state index contributed by atoms with van der Waals surface area (Å²) in [4.78, 5) is 27.0. The van der Waals surface area contributed by atoms with Gasteiger partial charge >= 0.3 is 0 Å². The van der Waals surface area contributed by atoms with Crippen LogP contribution in [0.4, 0.5) is 0 Å². The summed E-state index contributed by atoms with van der Waals surface area (Å²) in [6.07, 6.45) is 0.0426. The average molecular weight is 375 g/mol. The zero-order valence-electron chi connectivity index (χ0n) is 15.4. The first-order valence-corrected chi connectivity index (χ1v) is 9.27. The van der Waals surface area contributed by atoms with E-state index in [4.69, 9.17) is 4.74 Å². The quantitative estimate of drug-likeness (QED) is 0.713. The second-order valence-corrected chi connectivity index (χ2v) is 7.44. The van der Waals surface area contributed by atoms with E-state index in [2.05, 4.69) is 37.1 Å². The van der Waals surface area contributed by atoms with E-state index in [0.717, 1.165) is 17.1 Å². The molecular weight excluding hydrogens is 352 g/mol. The third-order valence-electron chi connectivity index (χ3n) is 3.89. The lowest BCUT2D eigenvalue weighted by Crippen LogP contribution is -2.29. The molecule has 0 spiro atoms. The second-order valence-electron chi connectivity index (χ2n) is 6.36. The van der Waals surface area contributed by atoms with E-state index >= 15 is 0 Å². The van der Waals surface area contributed by atoms with E-state index in [0.29, 0.717) is 29.8 Å². The maximum absolute atomic E-state index is 11.9. The van der Waals surface area contributed by atoms with E-state index in [1.165, 1.54) is 11.1 Å². The number of nitrogens with zero attached hydrogens (tertiary/aromatic N) is 1. The number of nitrogens with one attached hydrogen (secondary N) is 1. The Labute approximate surface area is 157 Å². The predicted molar refractivity (Wildman–Crippen MR) is 98.7 cm³/mol. The summed E-state index contributed by atoms with van der Waals surface area (Å²) in [6, 6.07) is 5.99. The number of benzene rings is 1. The van der Waals surface area contributed by atoms with Gasteiger partial charge in [0.15, 0.2) is 0 Å². The number of hydrogen-bond acceptors (Lipinski definition) is 6. The van der Waals surface area contributed by atoms with E-state index < -0.39 is 5.97 Å². The highest BCUT2D eigenvalue weighted by atomic mass is 32.1. The molecule has 0 bridgehead atoms. The summed E-state index contributed by atoms with van der Waals surface area (Å²) in [6.45, 7) is 8.66. The molecule has 0 aliphatic rings. The van der Waals surface area contributed by atoms with Gasteiger partial charge < -0.3 is 20.0 Å². The molecule has 1 amide bonds. The number of carboxylic acids is 1. The largest absolute Gasteiger partial charge is 0.544 e. The highest BCUT2D eigenvalue weighted by Crippen LogP contribution is 2.23. The fraction of sp³-hybridized carbons (Fsp3) is 0.421. The number of carboxylic acid groups (broad SMARTS) is 1. The fourth-order valence-electron chi connectivity index (χ4n) is 2.66. The number of carbonyl (C=O) groups is 2. The van der Waals surface area contributed by atoms with Crippen molar-refractivity contribution in [1.82, 2.24) is 10.3 Å². The first-order valence-electron chi connectivity index (χ1n) is 8.45. The molecule has 1 N–H and O–H groups in total. The van der Waals surface area contributed by atoms with Crippen LogP contribution >= 0.6 is 11.3 Å². The molecular formula is C19H23N2O4S-. The average Bonchev–Trinajstić information content (AvgIpc) is 2.92. The number of aromatic nitrogens is 1. The molecule has 2 aromatic rings. The van der Waals surface area contributed by atoms with Gasteiger partial charge in [0.1, 0.15) is 17.4 Å². The topological polar surface area (TPSA) is 91.3 Å². The van der Waals surface area contributed by atoms with Gasteiger partial charge in [0.25, 0.3) is 0 Å². The lowest BCUT2D eigenvalue weighted by molar-refractivity contribution is -0.254. The molecule has 2 rings (SSSR count). The first kappa shape index (κ1) is 19.9. The Morgan fingerprint density at radius 3 is 2.62 bits per heavy atom. The zero-order valence-corrected chi connectivity index (χ0v) is 16.2. The maximum Gasteiger partial charge on any atom is 0.226 e. The van der Waals surface area contributed by atoms with E-state index in [1.807, 2.05) is 12.1 Å². The Balaban J connectivity index is 1.77. The molecule has 0 atom stereocenters. The summed E-state index contributed by atoms with van der Waals surface area (Å²) in [7, 11) is 0. The third-order valence-corrected chi connectivity index (χ3v) is 5.03. The highest BCUT2D eigenvalue weighted by molar-refractivity contribution is 7.13. The van der Waals surface area contributed by atoms with Gasteiger partial charge in [0.05, 0.1) is 29.5 Å². The number of rotatable bonds is 8. The normalized spacial score (nSPS) is 10.8. The summed E-state index contributed by atoms with van der Waals surface area (Å²) in [5, 5.41) is 14.1. The molecule has 1 aromatic heterocycles. The van der Waals surface area contributed by atoms with Gasteiger partial charge in [-0.1, -0.05) is 19.9 Å². The van der Waals surface area contributed by atoms with Crippen molar-refractivity contribution >= 4 is 23.2 Å². The van der Waals surface area contributed by atoms with Crippen LogP contribution < -0.4 is 15.2 Å². The van der Waals surface area contributed by atoms with Crippen molar-refractivity contribution in [2.24, 2.45) is 0 Å². The number of hydrogen-bond donors (Lipinski definition) is 1. The van der Waals surface area contributed by atoms with Crippen molar-refractivity contribution in [2.45, 2.75) is 40.0 Å². The van der Waals surface area contributed by atoms with E-state index in [9.17, 15) is 14.7 Å². The van der Waals surface area contributed by atoms with Gasteiger partial charge in [-0.15, -0.1) is 11.3 Å². The van der Waals surface area contributed by atoms with Crippen molar-refractivity contribution in [3.63, 3.8) is 0 Å². The Hall–Kier alpha value is -2.41. The molecule has 0 fully saturated rings. The van der Waals surface area contributed by atoms with Crippen molar-refractivity contribution < 1.29 is 19.4 Å². The standard InChI is InChI=1S/C19H24N2O4S/c1-11(2)15-6-5-14(9-12(15)3)25-8-7-20-16(22)10-17-21-13(4)18(26-17)19(23)24/h5-6,9,11H,7-8,10H2,1-4H3,(H,20,22)(H,23,24)/p-1. The molecule has 0 radical (unpaired) electrons. The van der Waals surface area contributed by atoms with Crippen LogP contribution in [0.2, 0.25) is 0 Å². The van der Waals surface area contributed by atoms with Gasteiger partial charge in [0, 0.05) is 0 Å². The Morgan fingerprint density at radius 1 is 1.31 bits per heavy atom. The van der Waals surface area contributed by atoms with Crippen LogP contribution in [0.15, 0.2) is 18.2 Å². The molecule has 0 aliphatic heterocycles. The van der Waals surface area contributed by atoms with Crippen molar-refractivity contribution in [3.05, 3.63) is 44.9 Å². The van der Waals surface area contributed by atoms with Gasteiger partial charge in [-0.25, -0.2) is 4.98 Å². The van der Waals surface area contributed by atoms with Crippen LogP contribution in [-0.2, 0) is 11.2 Å². The summed E-state index contributed by atoms with van der Waals surface area (Å²) < 4.78 is 5.66. The van der Waals surface area contributed by atoms with Crippen LogP contribution in [0.1, 0.15) is 51.3 Å². The lowest BCUT2D eigenvalue weighted by Gasteiger charge is -2.12. The van der Waals surface area contributed by atoms with Gasteiger partial charge in [-0.3, -0.25) is 4.79 Å².